The van der Waals surface area contributed by atoms with Gasteiger partial charge in [-0.25, -0.2) is 4.79 Å². The van der Waals surface area contributed by atoms with E-state index >= 15 is 0 Å². The third-order valence-corrected chi connectivity index (χ3v) is 4.98. The highest BCUT2D eigenvalue weighted by Gasteiger charge is 2.39. The molecule has 1 unspecified atom stereocenters. The van der Waals surface area contributed by atoms with Gasteiger partial charge in [0.15, 0.2) is 11.5 Å². The number of nitrogens with two attached hydrogens (primary N) is 1. The van der Waals surface area contributed by atoms with Crippen LogP contribution in [0.25, 0.3) is 5.76 Å². The first-order valence-corrected chi connectivity index (χ1v) is 9.81. The van der Waals surface area contributed by atoms with Crippen LogP contribution in [0, 0.1) is 21.4 Å². The van der Waals surface area contributed by atoms with Gasteiger partial charge in [-0.1, -0.05) is 18.2 Å². The van der Waals surface area contributed by atoms with E-state index in [2.05, 4.69) is 0 Å². The van der Waals surface area contributed by atoms with Crippen LogP contribution in [0.4, 0.5) is 5.69 Å². The van der Waals surface area contributed by atoms with Crippen molar-refractivity contribution in [3.8, 4) is 17.6 Å². The molecule has 0 aliphatic carbocycles. The largest absolute Gasteiger partial charge is 0.493 e. The predicted octanol–water partition coefficient (Wildman–Crippen LogP) is 3.39. The molecule has 0 bridgehead atoms. The van der Waals surface area contributed by atoms with E-state index in [-0.39, 0.29) is 40.6 Å². The van der Waals surface area contributed by atoms with Crippen molar-refractivity contribution in [2.24, 2.45) is 5.73 Å². The molecule has 2 aromatic carbocycles. The minimum Gasteiger partial charge on any atom is -0.493 e. The van der Waals surface area contributed by atoms with Crippen LogP contribution in [-0.4, -0.2) is 31.7 Å². The van der Waals surface area contributed by atoms with Crippen LogP contribution in [-0.2, 0) is 14.3 Å². The zero-order chi connectivity index (χ0) is 24.1. The first-order valence-electron chi connectivity index (χ1n) is 9.81. The Balaban J connectivity index is 2.32. The van der Waals surface area contributed by atoms with Crippen molar-refractivity contribution < 1.29 is 28.7 Å². The first kappa shape index (κ1) is 23.1. The Kier molecular flexibility index (Phi) is 6.83. The van der Waals surface area contributed by atoms with Crippen molar-refractivity contribution in [2.45, 2.75) is 12.8 Å². The fraction of sp³-hybridized carbons (Fsp3) is 0.217. The molecule has 2 N–H and O–H groups in total. The fourth-order valence-electron chi connectivity index (χ4n) is 3.52. The molecule has 0 saturated carbocycles. The van der Waals surface area contributed by atoms with Crippen molar-refractivity contribution in [3.63, 3.8) is 0 Å². The van der Waals surface area contributed by atoms with Gasteiger partial charge in [0.25, 0.3) is 5.69 Å². The van der Waals surface area contributed by atoms with E-state index in [1.54, 1.807) is 25.1 Å². The summed E-state index contributed by atoms with van der Waals surface area (Å²) in [6, 6.07) is 12.5. The van der Waals surface area contributed by atoms with Gasteiger partial charge >= 0.3 is 5.97 Å². The van der Waals surface area contributed by atoms with E-state index in [9.17, 15) is 20.2 Å². The van der Waals surface area contributed by atoms with E-state index in [4.69, 9.17) is 24.7 Å². The van der Waals surface area contributed by atoms with Crippen LogP contribution in [0.2, 0.25) is 0 Å². The Morgan fingerprint density at radius 2 is 1.94 bits per heavy atom. The molecular formula is C23H21N3O7. The van der Waals surface area contributed by atoms with Crippen LogP contribution >= 0.6 is 0 Å². The van der Waals surface area contributed by atoms with Crippen molar-refractivity contribution in [3.05, 3.63) is 80.7 Å². The molecule has 1 atom stereocenters. The number of nitrogens with zero attached hydrogens (tertiary/aromatic N) is 2. The summed E-state index contributed by atoms with van der Waals surface area (Å²) >= 11 is 0. The maximum atomic E-state index is 13.1. The van der Waals surface area contributed by atoms with Gasteiger partial charge in [0, 0.05) is 17.7 Å². The topological polar surface area (TPSA) is 147 Å². The number of benzene rings is 2. The molecule has 10 heteroatoms. The molecule has 0 saturated heterocycles. The van der Waals surface area contributed by atoms with Crippen LogP contribution in [0.15, 0.2) is 59.5 Å². The second kappa shape index (κ2) is 9.74. The van der Waals surface area contributed by atoms with E-state index in [1.807, 2.05) is 6.07 Å². The van der Waals surface area contributed by atoms with Gasteiger partial charge in [-0.2, -0.15) is 5.26 Å². The van der Waals surface area contributed by atoms with Crippen molar-refractivity contribution in [1.82, 2.24) is 0 Å². The first-order chi connectivity index (χ1) is 15.9. The van der Waals surface area contributed by atoms with E-state index < -0.39 is 16.8 Å². The highest BCUT2D eigenvalue weighted by molar-refractivity contribution is 6.00. The number of non-ortho nitro benzene ring substituents is 1. The number of ether oxygens (including phenoxy) is 4. The average Bonchev–Trinajstić information content (AvgIpc) is 2.82. The SMILES string of the molecule is CCOC(=O)C1=C(c2cccc([N+](=O)[O-])c2)OC(N)=C(C#N)C1c1ccc(OC)c(OC)c1. The number of nitro groups is 1. The van der Waals surface area contributed by atoms with Gasteiger partial charge in [-0.15, -0.1) is 0 Å². The third kappa shape index (κ3) is 4.43. The Morgan fingerprint density at radius 1 is 1.21 bits per heavy atom. The Bertz CT molecular complexity index is 1210. The quantitative estimate of drug-likeness (QED) is 0.380. The number of carbonyl (C=O) groups is 1. The normalized spacial score (nSPS) is 15.4. The Hall–Kier alpha value is -4.52. The molecule has 3 rings (SSSR count). The molecule has 0 fully saturated rings. The fourth-order valence-corrected chi connectivity index (χ4v) is 3.52. The van der Waals surface area contributed by atoms with Gasteiger partial charge in [-0.05, 0) is 24.6 Å². The molecule has 1 aliphatic heterocycles. The van der Waals surface area contributed by atoms with E-state index in [0.717, 1.165) is 0 Å². The van der Waals surface area contributed by atoms with Gasteiger partial charge in [0.2, 0.25) is 5.88 Å². The second-order valence-electron chi connectivity index (χ2n) is 6.81. The van der Waals surface area contributed by atoms with Crippen molar-refractivity contribution in [1.29, 1.82) is 5.26 Å². The third-order valence-electron chi connectivity index (χ3n) is 4.98. The summed E-state index contributed by atoms with van der Waals surface area (Å²) in [6.45, 7) is 1.69. The molecule has 0 radical (unpaired) electrons. The number of hydrogen-bond acceptors (Lipinski definition) is 9. The Morgan fingerprint density at radius 3 is 2.55 bits per heavy atom. The monoisotopic (exact) mass is 451 g/mol. The molecule has 1 aliphatic rings. The summed E-state index contributed by atoms with van der Waals surface area (Å²) in [4.78, 5) is 23.8. The number of allylic oxidation sites excluding steroid dienone is 1. The van der Waals surface area contributed by atoms with Crippen LogP contribution in [0.3, 0.4) is 0 Å². The molecule has 1 heterocycles. The summed E-state index contributed by atoms with van der Waals surface area (Å²) in [5, 5.41) is 21.1. The lowest BCUT2D eigenvalue weighted by Crippen LogP contribution is -2.26. The van der Waals surface area contributed by atoms with Crippen LogP contribution < -0.4 is 15.2 Å². The molecule has 0 amide bonds. The zero-order valence-corrected chi connectivity index (χ0v) is 18.2. The van der Waals surface area contributed by atoms with Gasteiger partial charge in [0.1, 0.15) is 17.4 Å². The van der Waals surface area contributed by atoms with Crippen LogP contribution in [0.5, 0.6) is 11.5 Å². The minimum absolute atomic E-state index is 0.0144. The summed E-state index contributed by atoms with van der Waals surface area (Å²) in [7, 11) is 2.94. The maximum Gasteiger partial charge on any atom is 0.338 e. The summed E-state index contributed by atoms with van der Waals surface area (Å²) in [6.07, 6.45) is 0. The molecule has 33 heavy (non-hydrogen) atoms. The van der Waals surface area contributed by atoms with Gasteiger partial charge in [-0.3, -0.25) is 10.1 Å². The van der Waals surface area contributed by atoms with Crippen molar-refractivity contribution in [2.75, 3.05) is 20.8 Å². The summed E-state index contributed by atoms with van der Waals surface area (Å²) in [5.41, 5.74) is 6.55. The summed E-state index contributed by atoms with van der Waals surface area (Å²) in [5.74, 6) is -1.17. The van der Waals surface area contributed by atoms with Gasteiger partial charge < -0.3 is 24.7 Å². The summed E-state index contributed by atoms with van der Waals surface area (Å²) < 4.78 is 21.6. The Labute approximate surface area is 189 Å². The van der Waals surface area contributed by atoms with Crippen LogP contribution in [0.1, 0.15) is 24.0 Å². The number of methoxy groups -OCH3 is 2. The number of hydrogen-bond donors (Lipinski definition) is 1. The molecule has 170 valence electrons. The predicted molar refractivity (Wildman–Crippen MR) is 117 cm³/mol. The minimum atomic E-state index is -0.975. The highest BCUT2D eigenvalue weighted by atomic mass is 16.6. The second-order valence-corrected chi connectivity index (χ2v) is 6.81. The number of nitriles is 1. The number of esters is 1. The lowest BCUT2D eigenvalue weighted by Gasteiger charge is -2.28. The molecule has 0 spiro atoms. The zero-order valence-electron chi connectivity index (χ0n) is 18.2. The smallest absolute Gasteiger partial charge is 0.338 e. The van der Waals surface area contributed by atoms with E-state index in [0.29, 0.717) is 17.1 Å². The standard InChI is InChI=1S/C23H21N3O7/c1-4-32-23(27)20-19(13-8-9-17(30-2)18(11-13)31-3)16(12-24)22(25)33-21(20)14-6-5-7-15(10-14)26(28)29/h5-11,19H,4,25H2,1-3H3. The average molecular weight is 451 g/mol. The van der Waals surface area contributed by atoms with Crippen molar-refractivity contribution >= 4 is 17.4 Å². The molecule has 0 aromatic heterocycles. The lowest BCUT2D eigenvalue weighted by atomic mass is 9.82. The van der Waals surface area contributed by atoms with Gasteiger partial charge in [0.05, 0.1) is 37.2 Å². The highest BCUT2D eigenvalue weighted by Crippen LogP contribution is 2.44. The lowest BCUT2D eigenvalue weighted by molar-refractivity contribution is -0.384. The molecular weight excluding hydrogens is 430 g/mol. The maximum absolute atomic E-state index is 13.1. The van der Waals surface area contributed by atoms with E-state index in [1.165, 1.54) is 38.5 Å². The number of nitro benzene ring substituents is 1. The number of rotatable bonds is 7. The molecule has 2 aromatic rings. The molecule has 10 nitrogen and oxygen atoms in total. The number of carbonyl (C=O) groups excluding carboxylic acids is 1.